The lowest BCUT2D eigenvalue weighted by molar-refractivity contribution is -0.113. The summed E-state index contributed by atoms with van der Waals surface area (Å²) in [4.78, 5) is 10.8. The summed E-state index contributed by atoms with van der Waals surface area (Å²) in [5.41, 5.74) is 0.799. The van der Waals surface area contributed by atoms with Crippen LogP contribution in [0.15, 0.2) is 24.3 Å². The molecule has 1 N–H and O–H groups in total. The SMILES string of the molecule is O=C(CBr)Nc1cc[c]cc1. The van der Waals surface area contributed by atoms with E-state index >= 15 is 0 Å². The first-order valence-corrected chi connectivity index (χ1v) is 4.27. The number of alkyl halides is 1. The van der Waals surface area contributed by atoms with Gasteiger partial charge in [0.25, 0.3) is 0 Å². The van der Waals surface area contributed by atoms with Crippen LogP contribution in [-0.4, -0.2) is 11.2 Å². The maximum atomic E-state index is 10.8. The molecule has 2 nitrogen and oxygen atoms in total. The molecule has 0 saturated carbocycles. The van der Waals surface area contributed by atoms with Crippen molar-refractivity contribution >= 4 is 27.5 Å². The molecule has 11 heavy (non-hydrogen) atoms. The van der Waals surface area contributed by atoms with Crippen LogP contribution >= 0.6 is 15.9 Å². The van der Waals surface area contributed by atoms with Crippen LogP contribution in [0.3, 0.4) is 0 Å². The maximum absolute atomic E-state index is 10.8. The third kappa shape index (κ3) is 2.72. The number of halogens is 1. The Morgan fingerprint density at radius 3 is 2.73 bits per heavy atom. The number of hydrogen-bond donors (Lipinski definition) is 1. The molecule has 1 aromatic carbocycles. The molecule has 1 radical (unpaired) electrons. The Kier molecular flexibility index (Phi) is 3.11. The summed E-state index contributed by atoms with van der Waals surface area (Å²) in [6.45, 7) is 0. The van der Waals surface area contributed by atoms with Crippen LogP contribution in [0.4, 0.5) is 5.69 Å². The van der Waals surface area contributed by atoms with Crippen molar-refractivity contribution in [3.05, 3.63) is 30.3 Å². The van der Waals surface area contributed by atoms with Crippen molar-refractivity contribution in [1.82, 2.24) is 0 Å². The molecule has 3 heteroatoms. The molecule has 1 rings (SSSR count). The zero-order valence-corrected chi connectivity index (χ0v) is 7.39. The molecule has 1 amide bonds. The average molecular weight is 213 g/mol. The van der Waals surface area contributed by atoms with Crippen LogP contribution in [0.5, 0.6) is 0 Å². The predicted molar refractivity (Wildman–Crippen MR) is 47.7 cm³/mol. The van der Waals surface area contributed by atoms with Gasteiger partial charge < -0.3 is 5.32 Å². The van der Waals surface area contributed by atoms with E-state index in [-0.39, 0.29) is 5.91 Å². The Morgan fingerprint density at radius 1 is 1.55 bits per heavy atom. The minimum Gasteiger partial charge on any atom is -0.325 e. The normalized spacial score (nSPS) is 9.18. The number of carbonyl (C=O) groups is 1. The Balaban J connectivity index is 2.58. The molecule has 0 heterocycles. The third-order valence-corrected chi connectivity index (χ3v) is 1.63. The van der Waals surface area contributed by atoms with Crippen LogP contribution in [0.25, 0.3) is 0 Å². The first kappa shape index (κ1) is 8.27. The van der Waals surface area contributed by atoms with Gasteiger partial charge in [0.05, 0.1) is 5.33 Å². The van der Waals surface area contributed by atoms with E-state index in [0.29, 0.717) is 5.33 Å². The molecular weight excluding hydrogens is 206 g/mol. The highest BCUT2D eigenvalue weighted by molar-refractivity contribution is 9.09. The van der Waals surface area contributed by atoms with Gasteiger partial charge in [0.2, 0.25) is 5.91 Å². The molecule has 0 fully saturated rings. The summed E-state index contributed by atoms with van der Waals surface area (Å²) in [7, 11) is 0. The highest BCUT2D eigenvalue weighted by Gasteiger charge is 1.96. The number of carbonyl (C=O) groups excluding carboxylic acids is 1. The van der Waals surface area contributed by atoms with Gasteiger partial charge in [-0.25, -0.2) is 0 Å². The molecule has 0 bridgehead atoms. The minimum atomic E-state index is -0.0452. The fraction of sp³-hybridized carbons (Fsp3) is 0.125. The highest BCUT2D eigenvalue weighted by atomic mass is 79.9. The predicted octanol–water partition coefficient (Wildman–Crippen LogP) is 1.82. The molecule has 0 aromatic heterocycles. The molecule has 0 saturated heterocycles. The number of benzene rings is 1. The number of nitrogens with one attached hydrogen (secondary N) is 1. The van der Waals surface area contributed by atoms with Crippen molar-refractivity contribution in [2.24, 2.45) is 0 Å². The second kappa shape index (κ2) is 4.13. The first-order chi connectivity index (χ1) is 5.33. The van der Waals surface area contributed by atoms with E-state index in [4.69, 9.17) is 0 Å². The average Bonchev–Trinajstić information content (AvgIpc) is 2.06. The van der Waals surface area contributed by atoms with Crippen molar-refractivity contribution in [2.75, 3.05) is 10.6 Å². The monoisotopic (exact) mass is 212 g/mol. The number of anilines is 1. The van der Waals surface area contributed by atoms with Crippen molar-refractivity contribution in [3.63, 3.8) is 0 Å². The summed E-state index contributed by atoms with van der Waals surface area (Å²) < 4.78 is 0. The lowest BCUT2D eigenvalue weighted by Crippen LogP contribution is -2.11. The van der Waals surface area contributed by atoms with Gasteiger partial charge in [0, 0.05) is 5.69 Å². The van der Waals surface area contributed by atoms with E-state index in [9.17, 15) is 4.79 Å². The molecule has 0 aliphatic rings. The number of rotatable bonds is 2. The summed E-state index contributed by atoms with van der Waals surface area (Å²) >= 11 is 3.05. The van der Waals surface area contributed by atoms with E-state index in [1.54, 1.807) is 24.3 Å². The minimum absolute atomic E-state index is 0.0452. The standard InChI is InChI=1S/C8H7BrNO/c9-6-8(11)10-7-4-2-1-3-5-7/h2-5H,6H2,(H,10,11). The zero-order chi connectivity index (χ0) is 8.10. The summed E-state index contributed by atoms with van der Waals surface area (Å²) in [5, 5.41) is 3.01. The second-order valence-corrected chi connectivity index (χ2v) is 2.53. The molecular formula is C8H7BrNO. The molecule has 0 aliphatic carbocycles. The Hall–Kier alpha value is -0.830. The lowest BCUT2D eigenvalue weighted by Gasteiger charge is -2.00. The van der Waals surface area contributed by atoms with Crippen molar-refractivity contribution < 1.29 is 4.79 Å². The van der Waals surface area contributed by atoms with Gasteiger partial charge in [-0.05, 0) is 18.2 Å². The Bertz CT molecular complexity index is 235. The first-order valence-electron chi connectivity index (χ1n) is 3.15. The van der Waals surface area contributed by atoms with Gasteiger partial charge in [0.1, 0.15) is 0 Å². The van der Waals surface area contributed by atoms with Crippen LogP contribution in [0.1, 0.15) is 0 Å². The third-order valence-electron chi connectivity index (χ3n) is 1.12. The smallest absolute Gasteiger partial charge is 0.235 e. The summed E-state index contributed by atoms with van der Waals surface area (Å²) in [5.74, 6) is -0.0452. The van der Waals surface area contributed by atoms with Crippen molar-refractivity contribution in [1.29, 1.82) is 0 Å². The molecule has 1 aromatic rings. The number of hydrogen-bond acceptors (Lipinski definition) is 1. The Labute approximate surface area is 73.7 Å². The quantitative estimate of drug-likeness (QED) is 0.746. The molecule has 0 atom stereocenters. The van der Waals surface area contributed by atoms with Crippen LogP contribution in [0.2, 0.25) is 0 Å². The van der Waals surface area contributed by atoms with E-state index < -0.39 is 0 Å². The molecule has 57 valence electrons. The van der Waals surface area contributed by atoms with Crippen molar-refractivity contribution in [2.45, 2.75) is 0 Å². The summed E-state index contributed by atoms with van der Waals surface area (Å²) in [6.07, 6.45) is 0. The van der Waals surface area contributed by atoms with Crippen LogP contribution in [0, 0.1) is 6.07 Å². The fourth-order valence-corrected chi connectivity index (χ4v) is 0.805. The van der Waals surface area contributed by atoms with E-state index in [2.05, 4.69) is 27.3 Å². The highest BCUT2D eigenvalue weighted by Crippen LogP contribution is 2.04. The van der Waals surface area contributed by atoms with Crippen LogP contribution < -0.4 is 5.32 Å². The number of amides is 1. The maximum Gasteiger partial charge on any atom is 0.235 e. The second-order valence-electron chi connectivity index (χ2n) is 1.97. The van der Waals surface area contributed by atoms with Gasteiger partial charge in [-0.15, -0.1) is 0 Å². The van der Waals surface area contributed by atoms with Crippen molar-refractivity contribution in [3.8, 4) is 0 Å². The van der Waals surface area contributed by atoms with Crippen LogP contribution in [-0.2, 0) is 4.79 Å². The lowest BCUT2D eigenvalue weighted by atomic mass is 10.3. The fourth-order valence-electron chi connectivity index (χ4n) is 0.665. The van der Waals surface area contributed by atoms with Gasteiger partial charge >= 0.3 is 0 Å². The summed E-state index contributed by atoms with van der Waals surface area (Å²) in [6, 6.07) is 9.95. The van der Waals surface area contributed by atoms with E-state index in [1.165, 1.54) is 0 Å². The van der Waals surface area contributed by atoms with Gasteiger partial charge in [-0.1, -0.05) is 28.1 Å². The molecule has 0 unspecified atom stereocenters. The van der Waals surface area contributed by atoms with Gasteiger partial charge in [-0.2, -0.15) is 0 Å². The zero-order valence-electron chi connectivity index (χ0n) is 5.80. The van der Waals surface area contributed by atoms with Gasteiger partial charge in [0.15, 0.2) is 0 Å². The molecule has 0 aliphatic heterocycles. The van der Waals surface area contributed by atoms with Gasteiger partial charge in [-0.3, -0.25) is 4.79 Å². The largest absolute Gasteiger partial charge is 0.325 e. The van der Waals surface area contributed by atoms with E-state index in [0.717, 1.165) is 5.69 Å². The Morgan fingerprint density at radius 2 is 2.18 bits per heavy atom. The topological polar surface area (TPSA) is 29.1 Å². The molecule has 0 spiro atoms. The van der Waals surface area contributed by atoms with E-state index in [1.807, 2.05) is 0 Å².